The second-order valence-electron chi connectivity index (χ2n) is 7.51. The van der Waals surface area contributed by atoms with Gasteiger partial charge in [-0.3, -0.25) is 0 Å². The highest BCUT2D eigenvalue weighted by molar-refractivity contribution is 7.99. The monoisotopic (exact) mass is 428 g/mol. The van der Waals surface area contributed by atoms with E-state index in [0.717, 1.165) is 11.1 Å². The molecule has 0 unspecified atom stereocenters. The van der Waals surface area contributed by atoms with Gasteiger partial charge < -0.3 is 9.47 Å². The summed E-state index contributed by atoms with van der Waals surface area (Å²) in [5.41, 5.74) is 2.26. The van der Waals surface area contributed by atoms with Gasteiger partial charge in [0, 0.05) is 4.90 Å². The molecule has 0 heterocycles. The van der Waals surface area contributed by atoms with Crippen LogP contribution in [0.25, 0.3) is 11.1 Å². The maximum Gasteiger partial charge on any atom is 0.513 e. The van der Waals surface area contributed by atoms with Gasteiger partial charge in [0.15, 0.2) is 0 Å². The molecular weight excluding hydrogens is 392 g/mol. The van der Waals surface area contributed by atoms with E-state index in [1.807, 2.05) is 23.9 Å². The van der Waals surface area contributed by atoms with Crippen LogP contribution in [0.1, 0.15) is 71.6 Å². The van der Waals surface area contributed by atoms with Crippen molar-refractivity contribution in [2.24, 2.45) is 0 Å². The number of ether oxygens (including phenoxy) is 2. The molecule has 4 heteroatoms. The van der Waals surface area contributed by atoms with Crippen molar-refractivity contribution >= 4 is 17.9 Å². The van der Waals surface area contributed by atoms with Crippen LogP contribution in [-0.2, 0) is 4.74 Å². The quantitative estimate of drug-likeness (QED) is 0.131. The smallest absolute Gasteiger partial charge is 0.434 e. The van der Waals surface area contributed by atoms with E-state index in [-0.39, 0.29) is 0 Å². The summed E-state index contributed by atoms with van der Waals surface area (Å²) in [6.07, 6.45) is 11.7. The largest absolute Gasteiger partial charge is 0.513 e. The van der Waals surface area contributed by atoms with Crippen LogP contribution in [0.2, 0.25) is 0 Å². The van der Waals surface area contributed by atoms with Crippen LogP contribution in [0.3, 0.4) is 0 Å². The summed E-state index contributed by atoms with van der Waals surface area (Å²) in [5, 5.41) is 0. The Hall–Kier alpha value is -1.94. The predicted molar refractivity (Wildman–Crippen MR) is 127 cm³/mol. The third-order valence-corrected chi connectivity index (χ3v) is 6.12. The fourth-order valence-corrected chi connectivity index (χ4v) is 4.22. The second kappa shape index (κ2) is 15.0. The minimum atomic E-state index is -0.668. The highest BCUT2D eigenvalue weighted by atomic mass is 32.2. The summed E-state index contributed by atoms with van der Waals surface area (Å²) in [5.74, 6) is 1.68. The molecule has 0 bridgehead atoms. The van der Waals surface area contributed by atoms with E-state index >= 15 is 0 Å². The van der Waals surface area contributed by atoms with Gasteiger partial charge in [-0.05, 0) is 54.5 Å². The van der Waals surface area contributed by atoms with Crippen LogP contribution in [-0.4, -0.2) is 18.5 Å². The van der Waals surface area contributed by atoms with E-state index < -0.39 is 6.16 Å². The zero-order valence-corrected chi connectivity index (χ0v) is 19.3. The number of unbranched alkanes of at least 4 members (excludes halogenated alkanes) is 8. The normalized spacial score (nSPS) is 10.7. The number of thioether (sulfide) groups is 1. The van der Waals surface area contributed by atoms with Crippen molar-refractivity contribution in [3.8, 4) is 16.9 Å². The Morgan fingerprint density at radius 3 is 1.83 bits per heavy atom. The van der Waals surface area contributed by atoms with E-state index in [1.165, 1.54) is 68.4 Å². The molecule has 2 rings (SSSR count). The van der Waals surface area contributed by atoms with Crippen molar-refractivity contribution in [2.75, 3.05) is 12.4 Å². The van der Waals surface area contributed by atoms with E-state index in [4.69, 9.17) is 9.47 Å². The van der Waals surface area contributed by atoms with Gasteiger partial charge in [-0.25, -0.2) is 4.79 Å². The second-order valence-corrected chi connectivity index (χ2v) is 8.68. The van der Waals surface area contributed by atoms with E-state index in [2.05, 4.69) is 31.2 Å². The molecule has 2 aromatic rings. The Balaban J connectivity index is 1.65. The third kappa shape index (κ3) is 9.71. The van der Waals surface area contributed by atoms with Crippen molar-refractivity contribution in [1.29, 1.82) is 0 Å². The lowest BCUT2D eigenvalue weighted by Crippen LogP contribution is -2.09. The van der Waals surface area contributed by atoms with Gasteiger partial charge in [0.1, 0.15) is 5.75 Å². The van der Waals surface area contributed by atoms with E-state index in [0.29, 0.717) is 12.4 Å². The fraction of sp³-hybridized carbons (Fsp3) is 0.500. The molecule has 2 aromatic carbocycles. The summed E-state index contributed by atoms with van der Waals surface area (Å²) in [6, 6.07) is 16.2. The van der Waals surface area contributed by atoms with E-state index in [9.17, 15) is 4.79 Å². The Labute approximate surface area is 186 Å². The molecule has 0 aliphatic rings. The summed E-state index contributed by atoms with van der Waals surface area (Å²) in [7, 11) is 0. The van der Waals surface area contributed by atoms with E-state index in [1.54, 1.807) is 19.1 Å². The number of carbonyl (C=O) groups is 1. The first-order chi connectivity index (χ1) is 14.7. The van der Waals surface area contributed by atoms with Crippen molar-refractivity contribution < 1.29 is 14.3 Å². The number of rotatable bonds is 14. The fourth-order valence-electron chi connectivity index (χ4n) is 3.31. The SMILES string of the molecule is CCCCCCCCCCCSc1ccc(-c2ccc(OC(=O)OCC)cc2)cc1. The van der Waals surface area contributed by atoms with Gasteiger partial charge in [0.05, 0.1) is 6.61 Å². The molecule has 0 amide bonds. The molecule has 0 radical (unpaired) electrons. The standard InChI is InChI=1S/C26H36O3S/c1-3-5-6-7-8-9-10-11-12-21-30-25-19-15-23(16-20-25)22-13-17-24(18-14-22)29-26(27)28-4-2/h13-20H,3-12,21H2,1-2H3. The number of carbonyl (C=O) groups excluding carboxylic acids is 1. The Kier molecular flexibility index (Phi) is 12.1. The van der Waals surface area contributed by atoms with Crippen LogP contribution in [0.15, 0.2) is 53.4 Å². The summed E-state index contributed by atoms with van der Waals surface area (Å²) < 4.78 is 9.89. The highest BCUT2D eigenvalue weighted by Crippen LogP contribution is 2.26. The maximum absolute atomic E-state index is 11.4. The molecule has 0 saturated carbocycles. The lowest BCUT2D eigenvalue weighted by Gasteiger charge is -2.07. The first-order valence-corrected chi connectivity index (χ1v) is 12.4. The molecule has 30 heavy (non-hydrogen) atoms. The molecule has 164 valence electrons. The topological polar surface area (TPSA) is 35.5 Å². The van der Waals surface area contributed by atoms with Crippen LogP contribution in [0.4, 0.5) is 4.79 Å². The van der Waals surface area contributed by atoms with Gasteiger partial charge in [-0.1, -0.05) is 82.6 Å². The molecular formula is C26H36O3S. The van der Waals surface area contributed by atoms with Crippen LogP contribution in [0.5, 0.6) is 5.75 Å². The molecule has 0 spiro atoms. The molecule has 0 atom stereocenters. The van der Waals surface area contributed by atoms with Crippen LogP contribution < -0.4 is 4.74 Å². The van der Waals surface area contributed by atoms with Gasteiger partial charge >= 0.3 is 6.16 Å². The molecule has 0 aliphatic carbocycles. The molecule has 0 N–H and O–H groups in total. The summed E-state index contributed by atoms with van der Waals surface area (Å²) in [6.45, 7) is 4.33. The van der Waals surface area contributed by atoms with Gasteiger partial charge in [-0.15, -0.1) is 11.8 Å². The van der Waals surface area contributed by atoms with Crippen molar-refractivity contribution in [3.05, 3.63) is 48.5 Å². The average molecular weight is 429 g/mol. The Morgan fingerprint density at radius 2 is 1.27 bits per heavy atom. The van der Waals surface area contributed by atoms with Crippen molar-refractivity contribution in [1.82, 2.24) is 0 Å². The van der Waals surface area contributed by atoms with Crippen LogP contribution in [0, 0.1) is 0 Å². The highest BCUT2D eigenvalue weighted by Gasteiger charge is 2.05. The first-order valence-electron chi connectivity index (χ1n) is 11.4. The molecule has 0 aliphatic heterocycles. The molecule has 0 aromatic heterocycles. The van der Waals surface area contributed by atoms with Crippen LogP contribution >= 0.6 is 11.8 Å². The molecule has 0 fully saturated rings. The van der Waals surface area contributed by atoms with Gasteiger partial charge in [-0.2, -0.15) is 0 Å². The maximum atomic E-state index is 11.4. The zero-order chi connectivity index (χ0) is 21.4. The third-order valence-electron chi connectivity index (χ3n) is 5.02. The van der Waals surface area contributed by atoms with Crippen molar-refractivity contribution in [2.45, 2.75) is 76.5 Å². The molecule has 0 saturated heterocycles. The van der Waals surface area contributed by atoms with Gasteiger partial charge in [0.2, 0.25) is 0 Å². The minimum absolute atomic E-state index is 0.306. The number of hydrogen-bond donors (Lipinski definition) is 0. The summed E-state index contributed by atoms with van der Waals surface area (Å²) in [4.78, 5) is 12.7. The lowest BCUT2D eigenvalue weighted by molar-refractivity contribution is 0.104. The first kappa shape index (κ1) is 24.3. The Morgan fingerprint density at radius 1 is 0.733 bits per heavy atom. The Bertz CT molecular complexity index is 710. The average Bonchev–Trinajstić information content (AvgIpc) is 2.76. The molecule has 3 nitrogen and oxygen atoms in total. The van der Waals surface area contributed by atoms with Crippen molar-refractivity contribution in [3.63, 3.8) is 0 Å². The number of hydrogen-bond acceptors (Lipinski definition) is 4. The number of benzene rings is 2. The predicted octanol–water partition coefficient (Wildman–Crippen LogP) is 8.51. The minimum Gasteiger partial charge on any atom is -0.434 e. The lowest BCUT2D eigenvalue weighted by atomic mass is 10.1. The van der Waals surface area contributed by atoms with Gasteiger partial charge in [0.25, 0.3) is 0 Å². The summed E-state index contributed by atoms with van der Waals surface area (Å²) >= 11 is 1.94. The zero-order valence-electron chi connectivity index (χ0n) is 18.5.